The number of aliphatic hydroxyl groups is 1. The minimum Gasteiger partial charge on any atom is -0.477 e. The Bertz CT molecular complexity index is 809. The number of aromatic nitrogens is 1. The highest BCUT2D eigenvalue weighted by molar-refractivity contribution is 5.88. The quantitative estimate of drug-likeness (QED) is 0.901. The van der Waals surface area contributed by atoms with Crippen LogP contribution in [0.4, 0.5) is 8.78 Å². The first-order valence-corrected chi connectivity index (χ1v) is 7.41. The Kier molecular flexibility index (Phi) is 4.19. The van der Waals surface area contributed by atoms with Crippen LogP contribution in [0.25, 0.3) is 11.1 Å². The molecule has 126 valence electrons. The summed E-state index contributed by atoms with van der Waals surface area (Å²) < 4.78 is 32.9. The van der Waals surface area contributed by atoms with Gasteiger partial charge in [-0.25, -0.2) is 18.6 Å². The van der Waals surface area contributed by atoms with Crippen molar-refractivity contribution in [2.45, 2.75) is 19.4 Å². The zero-order chi connectivity index (χ0) is 17.4. The third-order valence-corrected chi connectivity index (χ3v) is 4.13. The van der Waals surface area contributed by atoms with E-state index in [1.54, 1.807) is 0 Å². The number of pyridine rings is 1. The molecule has 1 aliphatic heterocycles. The fourth-order valence-electron chi connectivity index (χ4n) is 2.83. The first-order valence-electron chi connectivity index (χ1n) is 7.41. The summed E-state index contributed by atoms with van der Waals surface area (Å²) in [5, 5.41) is 18.6. The van der Waals surface area contributed by atoms with Crippen molar-refractivity contribution in [3.05, 3.63) is 47.2 Å². The molecule has 0 fully saturated rings. The van der Waals surface area contributed by atoms with Crippen LogP contribution in [0.2, 0.25) is 0 Å². The Labute approximate surface area is 136 Å². The molecule has 1 aromatic heterocycles. The van der Waals surface area contributed by atoms with Crippen molar-refractivity contribution < 1.29 is 28.5 Å². The van der Waals surface area contributed by atoms with Gasteiger partial charge in [0.15, 0.2) is 5.69 Å². The topological polar surface area (TPSA) is 79.7 Å². The standard InChI is InChI=1S/C17H15F2NO4/c1-8-4-12-11(10-3-2-9(18)5-13(10)19)6-14(17(22)23)20-16(12)24-15(8)7-21/h2-3,5-6,8,15,21H,4,7H2,1H3,(H,22,23)/t8-,15+/m0/s1. The number of hydrogen-bond acceptors (Lipinski definition) is 4. The number of carboxylic acid groups (broad SMARTS) is 1. The van der Waals surface area contributed by atoms with Crippen LogP contribution in [-0.4, -0.2) is 33.9 Å². The molecule has 0 amide bonds. The molecule has 0 spiro atoms. The Morgan fingerprint density at radius 2 is 2.08 bits per heavy atom. The van der Waals surface area contributed by atoms with Crippen molar-refractivity contribution in [1.29, 1.82) is 0 Å². The van der Waals surface area contributed by atoms with E-state index in [0.29, 0.717) is 17.5 Å². The lowest BCUT2D eigenvalue weighted by Gasteiger charge is -2.31. The van der Waals surface area contributed by atoms with Crippen LogP contribution < -0.4 is 4.74 Å². The molecular weight excluding hydrogens is 320 g/mol. The summed E-state index contributed by atoms with van der Waals surface area (Å²) in [4.78, 5) is 15.3. The molecule has 1 aromatic carbocycles. The highest BCUT2D eigenvalue weighted by Crippen LogP contribution is 2.38. The average Bonchev–Trinajstić information content (AvgIpc) is 2.53. The van der Waals surface area contributed by atoms with Gasteiger partial charge in [0, 0.05) is 17.2 Å². The van der Waals surface area contributed by atoms with E-state index in [2.05, 4.69) is 4.98 Å². The molecule has 3 rings (SSSR count). The molecule has 0 aliphatic carbocycles. The van der Waals surface area contributed by atoms with Gasteiger partial charge in [0.2, 0.25) is 5.88 Å². The summed E-state index contributed by atoms with van der Waals surface area (Å²) in [5.74, 6) is -2.81. The summed E-state index contributed by atoms with van der Waals surface area (Å²) in [7, 11) is 0. The van der Waals surface area contributed by atoms with Crippen LogP contribution in [0.15, 0.2) is 24.3 Å². The fraction of sp³-hybridized carbons (Fsp3) is 0.294. The highest BCUT2D eigenvalue weighted by Gasteiger charge is 2.31. The Hall–Kier alpha value is -2.54. The second-order valence-electron chi connectivity index (χ2n) is 5.79. The maximum atomic E-state index is 14.2. The van der Waals surface area contributed by atoms with Crippen LogP contribution in [-0.2, 0) is 6.42 Å². The van der Waals surface area contributed by atoms with Crippen molar-refractivity contribution in [3.63, 3.8) is 0 Å². The van der Waals surface area contributed by atoms with E-state index in [1.807, 2.05) is 6.92 Å². The summed E-state index contributed by atoms with van der Waals surface area (Å²) >= 11 is 0. The lowest BCUT2D eigenvalue weighted by molar-refractivity contribution is 0.0551. The Morgan fingerprint density at radius 1 is 1.33 bits per heavy atom. The minimum absolute atomic E-state index is 0.0609. The predicted molar refractivity (Wildman–Crippen MR) is 80.9 cm³/mol. The molecule has 5 nitrogen and oxygen atoms in total. The molecule has 24 heavy (non-hydrogen) atoms. The first kappa shape index (κ1) is 16.3. The van der Waals surface area contributed by atoms with Gasteiger partial charge in [-0.3, -0.25) is 0 Å². The smallest absolute Gasteiger partial charge is 0.354 e. The number of aromatic carboxylic acids is 1. The summed E-state index contributed by atoms with van der Waals surface area (Å²) in [6, 6.07) is 4.36. The zero-order valence-corrected chi connectivity index (χ0v) is 12.8. The van der Waals surface area contributed by atoms with Crippen molar-refractivity contribution in [3.8, 4) is 17.0 Å². The number of aliphatic hydroxyl groups excluding tert-OH is 1. The second kappa shape index (κ2) is 6.16. The van der Waals surface area contributed by atoms with Crippen LogP contribution in [0.5, 0.6) is 5.88 Å². The summed E-state index contributed by atoms with van der Waals surface area (Å²) in [5.41, 5.74) is 0.621. The molecule has 2 aromatic rings. The van der Waals surface area contributed by atoms with Gasteiger partial charge in [0.05, 0.1) is 6.61 Å². The number of nitrogens with zero attached hydrogens (tertiary/aromatic N) is 1. The molecule has 2 atom stereocenters. The molecule has 0 bridgehead atoms. The van der Waals surface area contributed by atoms with E-state index in [1.165, 1.54) is 12.1 Å². The van der Waals surface area contributed by atoms with E-state index in [9.17, 15) is 23.8 Å². The van der Waals surface area contributed by atoms with E-state index >= 15 is 0 Å². The van der Waals surface area contributed by atoms with Crippen LogP contribution >= 0.6 is 0 Å². The number of rotatable bonds is 3. The van der Waals surface area contributed by atoms with Gasteiger partial charge in [-0.2, -0.15) is 0 Å². The van der Waals surface area contributed by atoms with E-state index in [-0.39, 0.29) is 29.7 Å². The summed E-state index contributed by atoms with van der Waals surface area (Å²) in [6.07, 6.45) is -0.0838. The predicted octanol–water partition coefficient (Wildman–Crippen LogP) is 2.66. The maximum absolute atomic E-state index is 14.2. The third kappa shape index (κ3) is 2.82. The minimum atomic E-state index is -1.29. The molecule has 0 saturated carbocycles. The van der Waals surface area contributed by atoms with Crippen molar-refractivity contribution in [2.75, 3.05) is 6.61 Å². The van der Waals surface area contributed by atoms with Gasteiger partial charge >= 0.3 is 5.97 Å². The number of ether oxygens (including phenoxy) is 1. The third-order valence-electron chi connectivity index (χ3n) is 4.13. The van der Waals surface area contributed by atoms with Gasteiger partial charge in [0.1, 0.15) is 17.7 Å². The van der Waals surface area contributed by atoms with Crippen LogP contribution in [0, 0.1) is 17.6 Å². The Balaban J connectivity index is 2.21. The van der Waals surface area contributed by atoms with Crippen LogP contribution in [0.3, 0.4) is 0 Å². The van der Waals surface area contributed by atoms with Gasteiger partial charge in [-0.1, -0.05) is 6.92 Å². The number of halogens is 2. The average molecular weight is 335 g/mol. The maximum Gasteiger partial charge on any atom is 0.354 e. The van der Waals surface area contributed by atoms with E-state index in [4.69, 9.17) is 4.74 Å². The zero-order valence-electron chi connectivity index (χ0n) is 12.8. The molecule has 2 N–H and O–H groups in total. The lowest BCUT2D eigenvalue weighted by Crippen LogP contribution is -2.35. The molecule has 0 unspecified atom stereocenters. The highest BCUT2D eigenvalue weighted by atomic mass is 19.1. The van der Waals surface area contributed by atoms with Crippen LogP contribution in [0.1, 0.15) is 23.0 Å². The number of carboxylic acids is 1. The van der Waals surface area contributed by atoms with Gasteiger partial charge in [-0.05, 0) is 36.1 Å². The lowest BCUT2D eigenvalue weighted by atomic mass is 9.88. The molecule has 2 heterocycles. The fourth-order valence-corrected chi connectivity index (χ4v) is 2.83. The molecule has 1 aliphatic rings. The number of benzene rings is 1. The second-order valence-corrected chi connectivity index (χ2v) is 5.79. The molecule has 0 saturated heterocycles. The molecular formula is C17H15F2NO4. The van der Waals surface area contributed by atoms with Gasteiger partial charge < -0.3 is 14.9 Å². The van der Waals surface area contributed by atoms with E-state index < -0.39 is 23.7 Å². The number of hydrogen-bond donors (Lipinski definition) is 2. The monoisotopic (exact) mass is 335 g/mol. The SMILES string of the molecule is C[C@H]1Cc2c(-c3ccc(F)cc3F)cc(C(=O)O)nc2O[C@@H]1CO. The van der Waals surface area contributed by atoms with Gasteiger partial charge in [0.25, 0.3) is 0 Å². The summed E-state index contributed by atoms with van der Waals surface area (Å²) in [6.45, 7) is 1.62. The van der Waals surface area contributed by atoms with E-state index in [0.717, 1.165) is 12.1 Å². The normalized spacial score (nSPS) is 19.5. The van der Waals surface area contributed by atoms with Gasteiger partial charge in [-0.15, -0.1) is 0 Å². The number of carbonyl (C=O) groups is 1. The molecule has 0 radical (unpaired) electrons. The van der Waals surface area contributed by atoms with Crippen molar-refractivity contribution in [2.24, 2.45) is 5.92 Å². The molecule has 7 heteroatoms. The Morgan fingerprint density at radius 3 is 2.71 bits per heavy atom. The largest absolute Gasteiger partial charge is 0.477 e. The van der Waals surface area contributed by atoms with Crippen molar-refractivity contribution in [1.82, 2.24) is 4.98 Å². The van der Waals surface area contributed by atoms with Crippen molar-refractivity contribution >= 4 is 5.97 Å². The number of fused-ring (bicyclic) bond motifs is 1. The first-order chi connectivity index (χ1) is 11.4.